The number of aryl methyl sites for hydroxylation is 2. The van der Waals surface area contributed by atoms with Crippen LogP contribution in [0.15, 0.2) is 28.7 Å². The van der Waals surface area contributed by atoms with Crippen molar-refractivity contribution in [3.05, 3.63) is 46.7 Å². The summed E-state index contributed by atoms with van der Waals surface area (Å²) in [5.41, 5.74) is 3.43. The SMILES string of the molecule is Cc1cc(C)c(-c2ccc(C=O)o2)cc1C#N. The number of furan rings is 1. The van der Waals surface area contributed by atoms with E-state index in [1.54, 1.807) is 18.2 Å². The summed E-state index contributed by atoms with van der Waals surface area (Å²) in [7, 11) is 0. The van der Waals surface area contributed by atoms with Crippen molar-refractivity contribution in [2.24, 2.45) is 0 Å². The molecule has 1 aromatic carbocycles. The molecule has 84 valence electrons. The predicted molar refractivity (Wildman–Crippen MR) is 63.7 cm³/mol. The summed E-state index contributed by atoms with van der Waals surface area (Å²) in [4.78, 5) is 10.6. The third kappa shape index (κ3) is 1.98. The van der Waals surface area contributed by atoms with Gasteiger partial charge in [0.05, 0.1) is 11.6 Å². The standard InChI is InChI=1S/C14H11NO2/c1-9-5-10(2)13(6-11(9)7-15)14-4-3-12(8-16)17-14/h3-6,8H,1-2H3. The molecule has 0 aliphatic rings. The Morgan fingerprint density at radius 2 is 2.00 bits per heavy atom. The molecule has 0 fully saturated rings. The van der Waals surface area contributed by atoms with E-state index in [2.05, 4.69) is 6.07 Å². The van der Waals surface area contributed by atoms with Gasteiger partial charge >= 0.3 is 0 Å². The fourth-order valence-electron chi connectivity index (χ4n) is 1.80. The maximum atomic E-state index is 10.6. The van der Waals surface area contributed by atoms with E-state index in [-0.39, 0.29) is 0 Å². The van der Waals surface area contributed by atoms with E-state index in [0.29, 0.717) is 23.4 Å². The zero-order valence-electron chi connectivity index (χ0n) is 9.65. The molecule has 0 aliphatic heterocycles. The van der Waals surface area contributed by atoms with Crippen molar-refractivity contribution in [1.29, 1.82) is 5.26 Å². The van der Waals surface area contributed by atoms with Crippen LogP contribution in [-0.4, -0.2) is 6.29 Å². The Morgan fingerprint density at radius 1 is 1.24 bits per heavy atom. The van der Waals surface area contributed by atoms with E-state index in [9.17, 15) is 4.79 Å². The lowest BCUT2D eigenvalue weighted by atomic mass is 9.99. The predicted octanol–water partition coefficient (Wildman–Crippen LogP) is 3.25. The van der Waals surface area contributed by atoms with Gasteiger partial charge in [0.1, 0.15) is 5.76 Å². The van der Waals surface area contributed by atoms with Crippen LogP contribution in [-0.2, 0) is 0 Å². The number of carbonyl (C=O) groups excluding carboxylic acids is 1. The van der Waals surface area contributed by atoms with Gasteiger partial charge in [0.25, 0.3) is 0 Å². The van der Waals surface area contributed by atoms with Gasteiger partial charge in [-0.3, -0.25) is 4.79 Å². The van der Waals surface area contributed by atoms with Gasteiger partial charge in [-0.1, -0.05) is 6.07 Å². The second-order valence-corrected chi connectivity index (χ2v) is 3.91. The Morgan fingerprint density at radius 3 is 2.59 bits per heavy atom. The lowest BCUT2D eigenvalue weighted by Crippen LogP contribution is -1.88. The molecule has 0 N–H and O–H groups in total. The number of hydrogen-bond acceptors (Lipinski definition) is 3. The van der Waals surface area contributed by atoms with Crippen LogP contribution in [0.2, 0.25) is 0 Å². The van der Waals surface area contributed by atoms with Gasteiger partial charge in [-0.05, 0) is 43.2 Å². The quantitative estimate of drug-likeness (QED) is 0.737. The van der Waals surface area contributed by atoms with Gasteiger partial charge < -0.3 is 4.42 Å². The molecule has 0 saturated heterocycles. The molecule has 0 spiro atoms. The van der Waals surface area contributed by atoms with Crippen molar-refractivity contribution in [3.8, 4) is 17.4 Å². The maximum absolute atomic E-state index is 10.6. The molecule has 2 aromatic rings. The number of carbonyl (C=O) groups is 1. The van der Waals surface area contributed by atoms with Crippen molar-refractivity contribution in [1.82, 2.24) is 0 Å². The highest BCUT2D eigenvalue weighted by Gasteiger charge is 2.10. The topological polar surface area (TPSA) is 54.0 Å². The van der Waals surface area contributed by atoms with Crippen molar-refractivity contribution in [2.75, 3.05) is 0 Å². The molecule has 0 amide bonds. The third-order valence-corrected chi connectivity index (χ3v) is 2.70. The summed E-state index contributed by atoms with van der Waals surface area (Å²) in [6.07, 6.45) is 0.665. The van der Waals surface area contributed by atoms with Crippen LogP contribution in [0.1, 0.15) is 27.2 Å². The molecular weight excluding hydrogens is 214 g/mol. The fourth-order valence-corrected chi connectivity index (χ4v) is 1.80. The first kappa shape index (κ1) is 11.2. The molecule has 0 saturated carbocycles. The van der Waals surface area contributed by atoms with Crippen LogP contribution in [0.5, 0.6) is 0 Å². The molecule has 0 bridgehead atoms. The Kier molecular flexibility index (Phi) is 2.80. The summed E-state index contributed by atoms with van der Waals surface area (Å²) in [5.74, 6) is 0.902. The van der Waals surface area contributed by atoms with E-state index in [0.717, 1.165) is 16.7 Å². The molecular formula is C14H11NO2. The summed E-state index contributed by atoms with van der Waals surface area (Å²) in [5, 5.41) is 9.00. The minimum atomic E-state index is 0.290. The molecule has 3 heteroatoms. The molecule has 17 heavy (non-hydrogen) atoms. The molecule has 0 aliphatic carbocycles. The minimum Gasteiger partial charge on any atom is -0.453 e. The lowest BCUT2D eigenvalue weighted by molar-refractivity contribution is 0.110. The van der Waals surface area contributed by atoms with Crippen molar-refractivity contribution < 1.29 is 9.21 Å². The number of nitriles is 1. The first-order valence-electron chi connectivity index (χ1n) is 5.22. The van der Waals surface area contributed by atoms with E-state index >= 15 is 0 Å². The lowest BCUT2D eigenvalue weighted by Gasteiger charge is -2.05. The number of rotatable bonds is 2. The summed E-state index contributed by atoms with van der Waals surface area (Å²) in [6.45, 7) is 3.85. The number of aldehydes is 1. The monoisotopic (exact) mass is 225 g/mol. The minimum absolute atomic E-state index is 0.290. The molecule has 1 heterocycles. The number of hydrogen-bond donors (Lipinski definition) is 0. The molecule has 0 radical (unpaired) electrons. The molecule has 0 atom stereocenters. The second kappa shape index (κ2) is 4.26. The number of nitrogens with zero attached hydrogens (tertiary/aromatic N) is 1. The van der Waals surface area contributed by atoms with Crippen LogP contribution in [0, 0.1) is 25.2 Å². The molecule has 3 nitrogen and oxygen atoms in total. The highest BCUT2D eigenvalue weighted by atomic mass is 16.3. The van der Waals surface area contributed by atoms with Crippen LogP contribution in [0.3, 0.4) is 0 Å². The van der Waals surface area contributed by atoms with E-state index in [1.807, 2.05) is 19.9 Å². The second-order valence-electron chi connectivity index (χ2n) is 3.91. The highest BCUT2D eigenvalue weighted by Crippen LogP contribution is 2.27. The van der Waals surface area contributed by atoms with Gasteiger partial charge in [-0.2, -0.15) is 5.26 Å². The summed E-state index contributed by atoms with van der Waals surface area (Å²) >= 11 is 0. The summed E-state index contributed by atoms with van der Waals surface area (Å²) in [6, 6.07) is 9.23. The van der Waals surface area contributed by atoms with Crippen LogP contribution < -0.4 is 0 Å². The Hall–Kier alpha value is -2.34. The molecule has 2 rings (SSSR count). The number of benzene rings is 1. The first-order valence-corrected chi connectivity index (χ1v) is 5.22. The van der Waals surface area contributed by atoms with Gasteiger partial charge in [-0.15, -0.1) is 0 Å². The first-order chi connectivity index (χ1) is 8.15. The largest absolute Gasteiger partial charge is 0.453 e. The van der Waals surface area contributed by atoms with Crippen molar-refractivity contribution in [3.63, 3.8) is 0 Å². The van der Waals surface area contributed by atoms with E-state index < -0.39 is 0 Å². The average molecular weight is 225 g/mol. The van der Waals surface area contributed by atoms with Crippen LogP contribution >= 0.6 is 0 Å². The zero-order chi connectivity index (χ0) is 12.4. The third-order valence-electron chi connectivity index (χ3n) is 2.70. The zero-order valence-corrected chi connectivity index (χ0v) is 9.65. The highest BCUT2D eigenvalue weighted by molar-refractivity contribution is 5.74. The van der Waals surface area contributed by atoms with Crippen LogP contribution in [0.4, 0.5) is 0 Å². The Labute approximate surface area is 99.3 Å². The van der Waals surface area contributed by atoms with Crippen molar-refractivity contribution in [2.45, 2.75) is 13.8 Å². The van der Waals surface area contributed by atoms with Gasteiger partial charge in [0, 0.05) is 5.56 Å². The van der Waals surface area contributed by atoms with Gasteiger partial charge in [-0.25, -0.2) is 0 Å². The average Bonchev–Trinajstić information content (AvgIpc) is 2.78. The smallest absolute Gasteiger partial charge is 0.185 e. The van der Waals surface area contributed by atoms with Gasteiger partial charge in [0.15, 0.2) is 12.0 Å². The normalized spacial score (nSPS) is 9.94. The maximum Gasteiger partial charge on any atom is 0.185 e. The summed E-state index contributed by atoms with van der Waals surface area (Å²) < 4.78 is 5.36. The van der Waals surface area contributed by atoms with Gasteiger partial charge in [0.2, 0.25) is 0 Å². The molecule has 0 unspecified atom stereocenters. The fraction of sp³-hybridized carbons (Fsp3) is 0.143. The van der Waals surface area contributed by atoms with E-state index in [4.69, 9.17) is 9.68 Å². The Balaban J connectivity index is 2.59. The Bertz CT molecular complexity index is 618. The van der Waals surface area contributed by atoms with Crippen molar-refractivity contribution >= 4 is 6.29 Å². The van der Waals surface area contributed by atoms with Crippen LogP contribution in [0.25, 0.3) is 11.3 Å². The van der Waals surface area contributed by atoms with E-state index in [1.165, 1.54) is 0 Å². The molecule has 1 aromatic heterocycles.